The summed E-state index contributed by atoms with van der Waals surface area (Å²) in [5.41, 5.74) is 1.80. The summed E-state index contributed by atoms with van der Waals surface area (Å²) in [6.45, 7) is 1.93. The summed E-state index contributed by atoms with van der Waals surface area (Å²) in [6, 6.07) is 5.45. The van der Waals surface area contributed by atoms with Crippen LogP contribution in [0.5, 0.6) is 5.88 Å². The van der Waals surface area contributed by atoms with Crippen molar-refractivity contribution in [3.05, 3.63) is 39.8 Å². The Kier molecular flexibility index (Phi) is 2.78. The van der Waals surface area contributed by atoms with Crippen molar-refractivity contribution in [2.24, 2.45) is 7.05 Å². The van der Waals surface area contributed by atoms with Crippen molar-refractivity contribution in [1.29, 1.82) is 0 Å². The molecule has 1 aromatic heterocycles. The monoisotopic (exact) mass is 254 g/mol. The van der Waals surface area contributed by atoms with Crippen LogP contribution in [0.3, 0.4) is 0 Å². The fourth-order valence-electron chi connectivity index (χ4n) is 1.64. The van der Waals surface area contributed by atoms with Gasteiger partial charge in [0, 0.05) is 12.1 Å². The highest BCUT2D eigenvalue weighted by Crippen LogP contribution is 2.24. The predicted octanol–water partition coefficient (Wildman–Crippen LogP) is 3.21. The highest BCUT2D eigenvalue weighted by Gasteiger charge is 2.09. The fraction of sp³-hybridized carbons (Fsp3) is 0.182. The third-order valence-corrected chi connectivity index (χ3v) is 3.14. The summed E-state index contributed by atoms with van der Waals surface area (Å²) in [7, 11) is 1.80. The van der Waals surface area contributed by atoms with Crippen molar-refractivity contribution in [2.75, 3.05) is 0 Å². The zero-order chi connectivity index (χ0) is 11.9. The molecule has 2 aromatic rings. The Balaban J connectivity index is 2.72. The zero-order valence-corrected chi connectivity index (χ0v) is 10.5. The Morgan fingerprint density at radius 1 is 1.38 bits per heavy atom. The molecule has 0 saturated heterocycles. The first-order chi connectivity index (χ1) is 7.50. The predicted molar refractivity (Wildman–Crippen MR) is 67.0 cm³/mol. The SMILES string of the molecule is Cc1cc(Cl)ccc1-n1c(O)cn(C)c1=S. The number of aromatic hydroxyl groups is 1. The molecule has 0 amide bonds. The van der Waals surface area contributed by atoms with Crippen LogP contribution in [-0.4, -0.2) is 14.2 Å². The molecular formula is C11H11ClN2OS. The summed E-state index contributed by atoms with van der Waals surface area (Å²) in [4.78, 5) is 0. The van der Waals surface area contributed by atoms with Crippen molar-refractivity contribution in [1.82, 2.24) is 9.13 Å². The second-order valence-corrected chi connectivity index (χ2v) is 4.45. The number of hydrogen-bond donors (Lipinski definition) is 1. The van der Waals surface area contributed by atoms with Crippen LogP contribution in [0.1, 0.15) is 5.56 Å². The van der Waals surface area contributed by atoms with E-state index in [0.717, 1.165) is 11.3 Å². The van der Waals surface area contributed by atoms with E-state index in [2.05, 4.69) is 0 Å². The second-order valence-electron chi connectivity index (χ2n) is 3.65. The van der Waals surface area contributed by atoms with Crippen LogP contribution >= 0.6 is 23.8 Å². The van der Waals surface area contributed by atoms with Crippen LogP contribution in [0.25, 0.3) is 5.69 Å². The van der Waals surface area contributed by atoms with E-state index in [-0.39, 0.29) is 5.88 Å². The number of benzene rings is 1. The van der Waals surface area contributed by atoms with Crippen LogP contribution in [0, 0.1) is 11.7 Å². The Morgan fingerprint density at radius 2 is 2.06 bits per heavy atom. The molecule has 0 aliphatic rings. The molecule has 3 nitrogen and oxygen atoms in total. The van der Waals surface area contributed by atoms with Crippen molar-refractivity contribution in [3.8, 4) is 11.6 Å². The first-order valence-electron chi connectivity index (χ1n) is 4.74. The van der Waals surface area contributed by atoms with Gasteiger partial charge in [-0.1, -0.05) is 11.6 Å². The molecule has 0 aliphatic heterocycles. The lowest BCUT2D eigenvalue weighted by atomic mass is 10.2. The Morgan fingerprint density at radius 3 is 2.56 bits per heavy atom. The molecule has 1 aromatic carbocycles. The molecule has 1 N–H and O–H groups in total. The quantitative estimate of drug-likeness (QED) is 0.792. The van der Waals surface area contributed by atoms with Crippen LogP contribution in [0.4, 0.5) is 0 Å². The topological polar surface area (TPSA) is 30.1 Å². The largest absolute Gasteiger partial charge is 0.493 e. The fourth-order valence-corrected chi connectivity index (χ4v) is 2.11. The molecule has 0 unspecified atom stereocenters. The van der Waals surface area contributed by atoms with E-state index in [1.54, 1.807) is 28.4 Å². The van der Waals surface area contributed by atoms with Gasteiger partial charge in [0.05, 0.1) is 11.9 Å². The molecule has 0 saturated carbocycles. The number of nitrogens with zero attached hydrogens (tertiary/aromatic N) is 2. The van der Waals surface area contributed by atoms with E-state index in [1.807, 2.05) is 19.1 Å². The van der Waals surface area contributed by atoms with Gasteiger partial charge >= 0.3 is 0 Å². The van der Waals surface area contributed by atoms with Crippen LogP contribution < -0.4 is 0 Å². The first-order valence-corrected chi connectivity index (χ1v) is 5.53. The molecule has 16 heavy (non-hydrogen) atoms. The maximum absolute atomic E-state index is 9.80. The molecule has 0 atom stereocenters. The molecule has 0 aliphatic carbocycles. The molecule has 84 valence electrons. The van der Waals surface area contributed by atoms with Gasteiger partial charge in [-0.15, -0.1) is 0 Å². The lowest BCUT2D eigenvalue weighted by Gasteiger charge is -2.08. The Bertz CT molecular complexity index is 601. The number of rotatable bonds is 1. The minimum atomic E-state index is 0.123. The number of aromatic nitrogens is 2. The van der Waals surface area contributed by atoms with E-state index in [0.29, 0.717) is 9.79 Å². The van der Waals surface area contributed by atoms with Gasteiger partial charge in [-0.2, -0.15) is 0 Å². The molecule has 1 heterocycles. The van der Waals surface area contributed by atoms with E-state index >= 15 is 0 Å². The van der Waals surface area contributed by atoms with E-state index < -0.39 is 0 Å². The maximum atomic E-state index is 9.80. The van der Waals surface area contributed by atoms with Crippen molar-refractivity contribution in [3.63, 3.8) is 0 Å². The van der Waals surface area contributed by atoms with Crippen LogP contribution in [0.15, 0.2) is 24.4 Å². The van der Waals surface area contributed by atoms with Crippen LogP contribution in [0.2, 0.25) is 5.02 Å². The van der Waals surface area contributed by atoms with Gasteiger partial charge in [-0.05, 0) is 42.9 Å². The lowest BCUT2D eigenvalue weighted by molar-refractivity contribution is 0.441. The zero-order valence-electron chi connectivity index (χ0n) is 8.94. The molecule has 2 rings (SSSR count). The third kappa shape index (κ3) is 1.74. The maximum Gasteiger partial charge on any atom is 0.214 e. The van der Waals surface area contributed by atoms with E-state index in [4.69, 9.17) is 23.8 Å². The summed E-state index contributed by atoms with van der Waals surface area (Å²) >= 11 is 11.1. The highest BCUT2D eigenvalue weighted by molar-refractivity contribution is 7.71. The minimum absolute atomic E-state index is 0.123. The van der Waals surface area contributed by atoms with Crippen molar-refractivity contribution < 1.29 is 5.11 Å². The van der Waals surface area contributed by atoms with Gasteiger partial charge in [0.15, 0.2) is 4.77 Å². The molecular weight excluding hydrogens is 244 g/mol. The van der Waals surface area contributed by atoms with Gasteiger partial charge in [-0.25, -0.2) is 0 Å². The number of imidazole rings is 1. The smallest absolute Gasteiger partial charge is 0.214 e. The van der Waals surface area contributed by atoms with Crippen LogP contribution in [-0.2, 0) is 7.05 Å². The summed E-state index contributed by atoms with van der Waals surface area (Å²) in [5, 5.41) is 10.5. The molecule has 0 spiro atoms. The Labute approximate surface area is 104 Å². The van der Waals surface area contributed by atoms with Gasteiger partial charge in [0.25, 0.3) is 0 Å². The van der Waals surface area contributed by atoms with Crippen molar-refractivity contribution in [2.45, 2.75) is 6.92 Å². The summed E-state index contributed by atoms with van der Waals surface area (Å²) < 4.78 is 3.85. The first kappa shape index (κ1) is 11.2. The number of aryl methyl sites for hydroxylation is 2. The van der Waals surface area contributed by atoms with Gasteiger partial charge in [0.1, 0.15) is 0 Å². The van der Waals surface area contributed by atoms with Crippen molar-refractivity contribution >= 4 is 23.8 Å². The van der Waals surface area contributed by atoms with Gasteiger partial charge in [-0.3, -0.25) is 4.57 Å². The molecule has 0 bridgehead atoms. The summed E-state index contributed by atoms with van der Waals surface area (Å²) in [6.07, 6.45) is 1.58. The average Bonchev–Trinajstić information content (AvgIpc) is 2.43. The molecule has 0 radical (unpaired) electrons. The second kappa shape index (κ2) is 3.96. The average molecular weight is 255 g/mol. The number of hydrogen-bond acceptors (Lipinski definition) is 2. The standard InChI is InChI=1S/C11H11ClN2OS/c1-7-5-8(12)3-4-9(7)14-10(15)6-13(2)11(14)16/h3-6,15H,1-2H3. The lowest BCUT2D eigenvalue weighted by Crippen LogP contribution is -1.98. The molecule has 0 fully saturated rings. The van der Waals surface area contributed by atoms with Gasteiger partial charge in [0.2, 0.25) is 5.88 Å². The van der Waals surface area contributed by atoms with E-state index in [1.165, 1.54) is 0 Å². The molecule has 5 heteroatoms. The normalized spacial score (nSPS) is 10.7. The Hall–Kier alpha value is -1.26. The summed E-state index contributed by atoms with van der Waals surface area (Å²) in [5.74, 6) is 0.123. The van der Waals surface area contributed by atoms with E-state index in [9.17, 15) is 5.11 Å². The third-order valence-electron chi connectivity index (χ3n) is 2.43. The highest BCUT2D eigenvalue weighted by atomic mass is 35.5. The van der Waals surface area contributed by atoms with Gasteiger partial charge < -0.3 is 9.67 Å². The minimum Gasteiger partial charge on any atom is -0.493 e. The number of halogens is 1.